The van der Waals surface area contributed by atoms with Gasteiger partial charge < -0.3 is 15.7 Å². The normalized spacial score (nSPS) is 13.3. The van der Waals surface area contributed by atoms with E-state index < -0.39 is 0 Å². The van der Waals surface area contributed by atoms with E-state index in [0.717, 1.165) is 58.1 Å². The van der Waals surface area contributed by atoms with E-state index in [1.54, 1.807) is 11.3 Å². The molecule has 0 aliphatic carbocycles. The first-order chi connectivity index (χ1) is 13.3. The Morgan fingerprint density at radius 1 is 1.11 bits per heavy atom. The van der Waals surface area contributed by atoms with E-state index in [1.165, 1.54) is 11.3 Å². The molecule has 3 aromatic rings. The Bertz CT molecular complexity index is 1010. The molecule has 1 aliphatic rings. The molecule has 0 unspecified atom stereocenters. The summed E-state index contributed by atoms with van der Waals surface area (Å²) in [6, 6.07) is 7.85. The van der Waals surface area contributed by atoms with Crippen LogP contribution in [-0.4, -0.2) is 40.7 Å². The van der Waals surface area contributed by atoms with Crippen molar-refractivity contribution in [2.45, 2.75) is 6.42 Å². The second-order valence-corrected chi connectivity index (χ2v) is 7.46. The average molecular weight is 396 g/mol. The van der Waals surface area contributed by atoms with Gasteiger partial charge >= 0.3 is 0 Å². The minimum absolute atomic E-state index is 0.133. The highest BCUT2D eigenvalue weighted by molar-refractivity contribution is 7.14. The molecular weight excluding hydrogens is 378 g/mol. The van der Waals surface area contributed by atoms with Gasteiger partial charge in [-0.15, -0.1) is 22.7 Å². The number of aromatic nitrogens is 2. The molecule has 0 saturated heterocycles. The van der Waals surface area contributed by atoms with E-state index in [0.29, 0.717) is 0 Å². The zero-order chi connectivity index (χ0) is 18.5. The molecule has 0 spiro atoms. The van der Waals surface area contributed by atoms with Crippen LogP contribution in [0.15, 0.2) is 40.0 Å². The number of hydrogen-bond donors (Lipinski definition) is 3. The van der Waals surface area contributed by atoms with E-state index >= 15 is 0 Å². The lowest BCUT2D eigenvalue weighted by atomic mass is 10.1. The maximum absolute atomic E-state index is 8.76. The smallest absolute Gasteiger partial charge is 0.197 e. The Hall–Kier alpha value is -2.73. The van der Waals surface area contributed by atoms with Crippen LogP contribution < -0.4 is 10.6 Å². The fourth-order valence-electron chi connectivity index (χ4n) is 2.53. The first-order valence-corrected chi connectivity index (χ1v) is 10.2. The Balaban J connectivity index is 1.48. The summed E-state index contributed by atoms with van der Waals surface area (Å²) in [5.41, 5.74) is 3.63. The molecule has 0 atom stereocenters. The van der Waals surface area contributed by atoms with Crippen LogP contribution in [0, 0.1) is 11.8 Å². The van der Waals surface area contributed by atoms with Gasteiger partial charge in [-0.05, 0) is 18.6 Å². The van der Waals surface area contributed by atoms with Gasteiger partial charge in [-0.2, -0.15) is 0 Å². The van der Waals surface area contributed by atoms with Crippen LogP contribution in [0.3, 0.4) is 0 Å². The van der Waals surface area contributed by atoms with Gasteiger partial charge in [0.15, 0.2) is 11.1 Å². The second-order valence-electron chi connectivity index (χ2n) is 5.75. The van der Waals surface area contributed by atoms with Crippen LogP contribution in [-0.2, 0) is 0 Å². The quantitative estimate of drug-likeness (QED) is 0.594. The zero-order valence-electron chi connectivity index (χ0n) is 14.4. The SMILES string of the molecule is OCC#Cc1ccc(-c2nc(-c3csc(NC4=NCCCN4)n3)cs2)cc1. The van der Waals surface area contributed by atoms with Gasteiger partial charge in [-0.1, -0.05) is 24.0 Å². The fourth-order valence-corrected chi connectivity index (χ4v) is 4.05. The summed E-state index contributed by atoms with van der Waals surface area (Å²) in [7, 11) is 0. The lowest BCUT2D eigenvalue weighted by Gasteiger charge is -2.13. The third-order valence-corrected chi connectivity index (χ3v) is 5.49. The van der Waals surface area contributed by atoms with Crippen LogP contribution in [0.5, 0.6) is 0 Å². The van der Waals surface area contributed by atoms with Crippen LogP contribution in [0.1, 0.15) is 12.0 Å². The molecule has 1 aliphatic heterocycles. The van der Waals surface area contributed by atoms with Crippen molar-refractivity contribution in [3.63, 3.8) is 0 Å². The van der Waals surface area contributed by atoms with E-state index in [9.17, 15) is 0 Å². The maximum atomic E-state index is 8.76. The van der Waals surface area contributed by atoms with Gasteiger partial charge in [0, 0.05) is 35.0 Å². The van der Waals surface area contributed by atoms with Crippen molar-refractivity contribution in [1.29, 1.82) is 0 Å². The monoisotopic (exact) mass is 395 g/mol. The van der Waals surface area contributed by atoms with Crippen LogP contribution in [0.2, 0.25) is 0 Å². The van der Waals surface area contributed by atoms with E-state index in [2.05, 4.69) is 32.5 Å². The minimum Gasteiger partial charge on any atom is -0.384 e. The predicted octanol–water partition coefficient (Wildman–Crippen LogP) is 3.04. The Kier molecular flexibility index (Phi) is 5.44. The Morgan fingerprint density at radius 2 is 1.93 bits per heavy atom. The number of aliphatic hydroxyl groups excluding tert-OH is 1. The Labute approximate surface area is 165 Å². The number of benzene rings is 1. The van der Waals surface area contributed by atoms with E-state index in [-0.39, 0.29) is 6.61 Å². The van der Waals surface area contributed by atoms with Crippen molar-refractivity contribution in [1.82, 2.24) is 15.3 Å². The van der Waals surface area contributed by atoms with Gasteiger partial charge in [-0.3, -0.25) is 4.99 Å². The van der Waals surface area contributed by atoms with E-state index in [1.807, 2.05) is 35.0 Å². The highest BCUT2D eigenvalue weighted by atomic mass is 32.1. The fraction of sp³-hybridized carbons (Fsp3) is 0.211. The maximum Gasteiger partial charge on any atom is 0.197 e. The molecule has 6 nitrogen and oxygen atoms in total. The second kappa shape index (κ2) is 8.31. The van der Waals surface area contributed by atoms with Gasteiger partial charge in [0.1, 0.15) is 23.0 Å². The highest BCUT2D eigenvalue weighted by Gasteiger charge is 2.12. The number of thiazole rings is 2. The molecule has 2 aromatic heterocycles. The number of aliphatic imine (C=N–C) groups is 1. The van der Waals surface area contributed by atoms with Gasteiger partial charge in [-0.25, -0.2) is 9.97 Å². The van der Waals surface area contributed by atoms with Crippen molar-refractivity contribution in [3.05, 3.63) is 40.6 Å². The number of aliphatic hydroxyl groups is 1. The average Bonchev–Trinajstić information content (AvgIpc) is 3.37. The van der Waals surface area contributed by atoms with Gasteiger partial charge in [0.25, 0.3) is 0 Å². The molecule has 136 valence electrons. The summed E-state index contributed by atoms with van der Waals surface area (Å²) in [6.45, 7) is 1.64. The summed E-state index contributed by atoms with van der Waals surface area (Å²) in [6.07, 6.45) is 1.06. The highest BCUT2D eigenvalue weighted by Crippen LogP contribution is 2.30. The summed E-state index contributed by atoms with van der Waals surface area (Å²) in [5, 5.41) is 21.0. The molecule has 4 rings (SSSR count). The minimum atomic E-state index is -0.133. The number of guanidine groups is 1. The zero-order valence-corrected chi connectivity index (χ0v) is 16.0. The van der Waals surface area contributed by atoms with Crippen LogP contribution in [0.25, 0.3) is 22.0 Å². The molecular formula is C19H17N5OS2. The molecule has 8 heteroatoms. The molecule has 0 radical (unpaired) electrons. The van der Waals surface area contributed by atoms with Crippen molar-refractivity contribution in [3.8, 4) is 33.8 Å². The molecule has 0 fully saturated rings. The molecule has 0 amide bonds. The predicted molar refractivity (Wildman–Crippen MR) is 111 cm³/mol. The first kappa shape index (κ1) is 17.7. The van der Waals surface area contributed by atoms with Crippen LogP contribution >= 0.6 is 22.7 Å². The molecule has 3 heterocycles. The number of hydrogen-bond acceptors (Lipinski definition) is 8. The molecule has 27 heavy (non-hydrogen) atoms. The largest absolute Gasteiger partial charge is 0.384 e. The number of rotatable bonds is 3. The number of anilines is 1. The summed E-state index contributed by atoms with van der Waals surface area (Å²) >= 11 is 3.13. The van der Waals surface area contributed by atoms with Gasteiger partial charge in [0.2, 0.25) is 0 Å². The van der Waals surface area contributed by atoms with Crippen molar-refractivity contribution in [2.24, 2.45) is 4.99 Å². The lowest BCUT2D eigenvalue weighted by molar-refractivity contribution is 0.350. The summed E-state index contributed by atoms with van der Waals surface area (Å²) in [5.74, 6) is 6.32. The number of nitrogens with one attached hydrogen (secondary N) is 2. The van der Waals surface area contributed by atoms with Crippen molar-refractivity contribution < 1.29 is 5.11 Å². The van der Waals surface area contributed by atoms with Gasteiger partial charge in [0.05, 0.1) is 0 Å². The molecule has 0 saturated carbocycles. The van der Waals surface area contributed by atoms with Crippen molar-refractivity contribution in [2.75, 3.05) is 25.0 Å². The van der Waals surface area contributed by atoms with Crippen LogP contribution in [0.4, 0.5) is 5.13 Å². The molecule has 3 N–H and O–H groups in total. The topological polar surface area (TPSA) is 82.4 Å². The third kappa shape index (κ3) is 4.34. The number of nitrogens with zero attached hydrogens (tertiary/aromatic N) is 3. The summed E-state index contributed by atoms with van der Waals surface area (Å²) < 4.78 is 0. The third-order valence-electron chi connectivity index (χ3n) is 3.84. The Morgan fingerprint density at radius 3 is 2.70 bits per heavy atom. The first-order valence-electron chi connectivity index (χ1n) is 8.49. The van der Waals surface area contributed by atoms with Crippen molar-refractivity contribution >= 4 is 33.8 Å². The summed E-state index contributed by atoms with van der Waals surface area (Å²) in [4.78, 5) is 13.7. The molecule has 1 aromatic carbocycles. The molecule has 0 bridgehead atoms. The van der Waals surface area contributed by atoms with E-state index in [4.69, 9.17) is 10.1 Å². The lowest BCUT2D eigenvalue weighted by Crippen LogP contribution is -2.35. The standard InChI is InChI=1S/C19H17N5OS2/c25-10-1-3-13-4-6-14(7-5-13)17-22-15(11-26-17)16-12-27-19(23-16)24-18-20-8-2-9-21-18/h4-7,11-12,25H,2,8-10H2,(H2,20,21,23,24).